The van der Waals surface area contributed by atoms with Crippen LogP contribution in [0, 0.1) is 5.41 Å². The molecule has 0 atom stereocenters. The Hall–Kier alpha value is 0.0500. The number of benzene rings is 1. The molecule has 0 spiro atoms. The zero-order valence-electron chi connectivity index (χ0n) is 10.9. The van der Waals surface area contributed by atoms with Gasteiger partial charge in [-0.3, -0.25) is 0 Å². The lowest BCUT2D eigenvalue weighted by atomic mass is 9.88. The number of hydrogen-bond donors (Lipinski definition) is 2. The van der Waals surface area contributed by atoms with E-state index in [0.717, 1.165) is 25.7 Å². The summed E-state index contributed by atoms with van der Waals surface area (Å²) in [5.74, 6) is 0. The van der Waals surface area contributed by atoms with Crippen LogP contribution in [0.3, 0.4) is 0 Å². The molecule has 2 N–H and O–H groups in total. The van der Waals surface area contributed by atoms with Gasteiger partial charge in [-0.05, 0) is 47.0 Å². The Morgan fingerprint density at radius 3 is 2.50 bits per heavy atom. The molecule has 112 valence electrons. The molecule has 1 aliphatic rings. The molecule has 1 aromatic carbocycles. The van der Waals surface area contributed by atoms with Gasteiger partial charge in [0.05, 0.1) is 4.90 Å². The number of halogens is 2. The standard InChI is InChI=1S/C13H17Br2NO3S/c14-10-3-4-11(15)12(7-10)20(18,19)16-8-13(9-17)5-1-2-6-13/h3-4,7,16-17H,1-2,5-6,8-9H2. The first-order valence-electron chi connectivity index (χ1n) is 6.44. The van der Waals surface area contributed by atoms with Gasteiger partial charge in [-0.1, -0.05) is 28.8 Å². The lowest BCUT2D eigenvalue weighted by molar-refractivity contribution is 0.134. The predicted octanol–water partition coefficient (Wildman–Crippen LogP) is 3.04. The molecule has 20 heavy (non-hydrogen) atoms. The van der Waals surface area contributed by atoms with Crippen LogP contribution in [-0.2, 0) is 10.0 Å². The van der Waals surface area contributed by atoms with E-state index in [2.05, 4.69) is 36.6 Å². The minimum absolute atomic E-state index is 0.0230. The van der Waals surface area contributed by atoms with E-state index in [-0.39, 0.29) is 23.5 Å². The summed E-state index contributed by atoms with van der Waals surface area (Å²) in [5.41, 5.74) is -0.300. The normalized spacial score (nSPS) is 18.4. The number of rotatable bonds is 5. The molecule has 7 heteroatoms. The maximum Gasteiger partial charge on any atom is 0.241 e. The maximum absolute atomic E-state index is 12.4. The number of hydrogen-bond acceptors (Lipinski definition) is 3. The van der Waals surface area contributed by atoms with Crippen LogP contribution in [0.2, 0.25) is 0 Å². The third kappa shape index (κ3) is 3.62. The summed E-state index contributed by atoms with van der Waals surface area (Å²) in [7, 11) is -3.59. The van der Waals surface area contributed by atoms with Gasteiger partial charge in [0.25, 0.3) is 0 Å². The second kappa shape index (κ2) is 6.44. The molecule has 0 aliphatic heterocycles. The summed E-state index contributed by atoms with van der Waals surface area (Å²) in [6.45, 7) is 0.306. The fourth-order valence-electron chi connectivity index (χ4n) is 2.52. The average Bonchev–Trinajstić information content (AvgIpc) is 2.89. The van der Waals surface area contributed by atoms with Gasteiger partial charge in [0.15, 0.2) is 0 Å². The van der Waals surface area contributed by atoms with Gasteiger partial charge in [0, 0.05) is 27.5 Å². The van der Waals surface area contributed by atoms with Gasteiger partial charge >= 0.3 is 0 Å². The number of aliphatic hydroxyl groups excluding tert-OH is 1. The number of nitrogens with one attached hydrogen (secondary N) is 1. The Kier molecular flexibility index (Phi) is 5.29. The second-order valence-corrected chi connectivity index (χ2v) is 8.77. The number of aliphatic hydroxyl groups is 1. The summed E-state index contributed by atoms with van der Waals surface area (Å²) in [6, 6.07) is 5.03. The van der Waals surface area contributed by atoms with Crippen molar-refractivity contribution in [1.82, 2.24) is 4.72 Å². The molecular formula is C13H17Br2NO3S. The van der Waals surface area contributed by atoms with E-state index in [4.69, 9.17) is 0 Å². The zero-order valence-corrected chi connectivity index (χ0v) is 14.9. The molecule has 0 aromatic heterocycles. The lowest BCUT2D eigenvalue weighted by Gasteiger charge is -2.26. The highest BCUT2D eigenvalue weighted by Gasteiger charge is 2.34. The molecule has 1 saturated carbocycles. The van der Waals surface area contributed by atoms with Crippen molar-refractivity contribution in [2.24, 2.45) is 5.41 Å². The van der Waals surface area contributed by atoms with Gasteiger partial charge in [-0.2, -0.15) is 0 Å². The van der Waals surface area contributed by atoms with Gasteiger partial charge in [-0.25, -0.2) is 13.1 Å². The van der Waals surface area contributed by atoms with Crippen LogP contribution in [-0.4, -0.2) is 26.7 Å². The zero-order chi connectivity index (χ0) is 14.8. The van der Waals surface area contributed by atoms with Crippen molar-refractivity contribution >= 4 is 41.9 Å². The minimum Gasteiger partial charge on any atom is -0.396 e. The summed E-state index contributed by atoms with van der Waals surface area (Å²) in [4.78, 5) is 0.206. The SMILES string of the molecule is O=S(=O)(NCC1(CO)CCCC1)c1cc(Br)ccc1Br. The first-order valence-corrected chi connectivity index (χ1v) is 9.51. The Morgan fingerprint density at radius 2 is 1.90 bits per heavy atom. The van der Waals surface area contributed by atoms with Gasteiger partial charge in [0.2, 0.25) is 10.0 Å². The van der Waals surface area contributed by atoms with Crippen molar-refractivity contribution in [1.29, 1.82) is 0 Å². The Bertz CT molecular complexity index is 583. The summed E-state index contributed by atoms with van der Waals surface area (Å²) < 4.78 is 28.6. The van der Waals surface area contributed by atoms with E-state index in [9.17, 15) is 13.5 Å². The quantitative estimate of drug-likeness (QED) is 0.760. The summed E-state index contributed by atoms with van der Waals surface area (Å²) in [6.07, 6.45) is 3.82. The topological polar surface area (TPSA) is 66.4 Å². The largest absolute Gasteiger partial charge is 0.396 e. The number of sulfonamides is 1. The smallest absolute Gasteiger partial charge is 0.241 e. The van der Waals surface area contributed by atoms with Crippen molar-refractivity contribution < 1.29 is 13.5 Å². The van der Waals surface area contributed by atoms with Gasteiger partial charge in [-0.15, -0.1) is 0 Å². The molecule has 0 heterocycles. The highest BCUT2D eigenvalue weighted by Crippen LogP contribution is 2.37. The second-order valence-electron chi connectivity index (χ2n) is 5.26. The van der Waals surface area contributed by atoms with Crippen molar-refractivity contribution in [3.8, 4) is 0 Å². The van der Waals surface area contributed by atoms with Crippen molar-refractivity contribution in [2.45, 2.75) is 30.6 Å². The van der Waals surface area contributed by atoms with E-state index in [1.165, 1.54) is 0 Å². The van der Waals surface area contributed by atoms with E-state index in [1.807, 2.05) is 0 Å². The lowest BCUT2D eigenvalue weighted by Crippen LogP contribution is -2.38. The monoisotopic (exact) mass is 425 g/mol. The molecule has 0 unspecified atom stereocenters. The molecule has 0 radical (unpaired) electrons. The van der Waals surface area contributed by atoms with Gasteiger partial charge < -0.3 is 5.11 Å². The third-order valence-corrected chi connectivity index (χ3v) is 6.71. The highest BCUT2D eigenvalue weighted by atomic mass is 79.9. The van der Waals surface area contributed by atoms with E-state index in [0.29, 0.717) is 8.95 Å². The van der Waals surface area contributed by atoms with Gasteiger partial charge in [0.1, 0.15) is 0 Å². The highest BCUT2D eigenvalue weighted by molar-refractivity contribution is 9.11. The van der Waals surface area contributed by atoms with E-state index in [1.54, 1.807) is 18.2 Å². The molecule has 4 nitrogen and oxygen atoms in total. The molecule has 0 amide bonds. The van der Waals surface area contributed by atoms with Crippen molar-refractivity contribution in [3.05, 3.63) is 27.1 Å². The Balaban J connectivity index is 2.17. The molecule has 1 aromatic rings. The molecule has 0 saturated heterocycles. The van der Waals surface area contributed by atoms with Crippen LogP contribution in [0.1, 0.15) is 25.7 Å². The first-order chi connectivity index (χ1) is 9.38. The molecule has 1 aliphatic carbocycles. The van der Waals surface area contributed by atoms with E-state index >= 15 is 0 Å². The summed E-state index contributed by atoms with van der Waals surface area (Å²) in [5, 5.41) is 9.53. The van der Waals surface area contributed by atoms with Crippen molar-refractivity contribution in [2.75, 3.05) is 13.2 Å². The first kappa shape index (κ1) is 16.4. The fourth-order valence-corrected chi connectivity index (χ4v) is 5.18. The van der Waals surface area contributed by atoms with Crippen LogP contribution >= 0.6 is 31.9 Å². The Labute approximate surface area is 136 Å². The van der Waals surface area contributed by atoms with Crippen LogP contribution in [0.5, 0.6) is 0 Å². The van der Waals surface area contributed by atoms with Crippen LogP contribution in [0.25, 0.3) is 0 Å². The molecule has 2 rings (SSSR count). The van der Waals surface area contributed by atoms with Crippen LogP contribution < -0.4 is 4.72 Å². The molecule has 1 fully saturated rings. The van der Waals surface area contributed by atoms with Crippen LogP contribution in [0.15, 0.2) is 32.0 Å². The van der Waals surface area contributed by atoms with Crippen LogP contribution in [0.4, 0.5) is 0 Å². The van der Waals surface area contributed by atoms with Crippen molar-refractivity contribution in [3.63, 3.8) is 0 Å². The molecule has 0 bridgehead atoms. The summed E-state index contributed by atoms with van der Waals surface area (Å²) >= 11 is 6.54. The minimum atomic E-state index is -3.59. The fraction of sp³-hybridized carbons (Fsp3) is 0.538. The maximum atomic E-state index is 12.4. The van der Waals surface area contributed by atoms with E-state index < -0.39 is 10.0 Å². The Morgan fingerprint density at radius 1 is 1.25 bits per heavy atom. The molecular weight excluding hydrogens is 410 g/mol. The predicted molar refractivity (Wildman–Crippen MR) is 85.0 cm³/mol. The third-order valence-electron chi connectivity index (χ3n) is 3.82. The average molecular weight is 427 g/mol.